The first-order valence-corrected chi connectivity index (χ1v) is 11.6. The maximum atomic E-state index is 13.6. The van der Waals surface area contributed by atoms with E-state index in [9.17, 15) is 9.59 Å². The van der Waals surface area contributed by atoms with Gasteiger partial charge in [-0.25, -0.2) is 9.79 Å². The molecule has 7 nitrogen and oxygen atoms in total. The second-order valence-electron chi connectivity index (χ2n) is 7.70. The predicted molar refractivity (Wildman–Crippen MR) is 129 cm³/mol. The van der Waals surface area contributed by atoms with Crippen LogP contribution in [0.2, 0.25) is 0 Å². The molecule has 172 valence electrons. The molecule has 0 unspecified atom stereocenters. The van der Waals surface area contributed by atoms with Gasteiger partial charge in [-0.1, -0.05) is 59.4 Å². The standard InChI is InChI=1S/C26H23N3O4S/c1-4-32-25(31)22-17(3)28-26-29(23(22)18-11-9-16(2)10-12-18)24(30)21(34-26)15-19-7-5-6-8-20(19)33-14-13-27/h5-12,15,23H,4,14H2,1-3H3/t23-/m0/s1. The van der Waals surface area contributed by atoms with Crippen LogP contribution in [-0.2, 0) is 9.53 Å². The van der Waals surface area contributed by atoms with Crippen LogP contribution in [0.5, 0.6) is 5.75 Å². The Labute approximate surface area is 200 Å². The molecule has 1 atom stereocenters. The maximum Gasteiger partial charge on any atom is 0.338 e. The molecule has 2 heterocycles. The fraction of sp³-hybridized carbons (Fsp3) is 0.231. The third-order valence-corrected chi connectivity index (χ3v) is 6.39. The van der Waals surface area contributed by atoms with Crippen LogP contribution in [0.3, 0.4) is 0 Å². The molecule has 0 fully saturated rings. The molecule has 2 aromatic carbocycles. The van der Waals surface area contributed by atoms with Crippen molar-refractivity contribution in [3.05, 3.63) is 96.2 Å². The lowest BCUT2D eigenvalue weighted by atomic mass is 9.95. The van der Waals surface area contributed by atoms with E-state index in [1.807, 2.05) is 49.4 Å². The average molecular weight is 474 g/mol. The Bertz CT molecular complexity index is 1490. The number of hydrogen-bond donors (Lipinski definition) is 0. The van der Waals surface area contributed by atoms with Crippen LogP contribution in [-0.4, -0.2) is 23.8 Å². The van der Waals surface area contributed by atoms with Gasteiger partial charge in [-0.15, -0.1) is 0 Å². The van der Waals surface area contributed by atoms with Crippen LogP contribution in [0.15, 0.2) is 69.6 Å². The van der Waals surface area contributed by atoms with Crippen molar-refractivity contribution in [3.63, 3.8) is 0 Å². The zero-order valence-corrected chi connectivity index (χ0v) is 19.9. The topological polar surface area (TPSA) is 93.7 Å². The largest absolute Gasteiger partial charge is 0.478 e. The quantitative estimate of drug-likeness (QED) is 0.513. The van der Waals surface area contributed by atoms with Crippen molar-refractivity contribution in [2.45, 2.75) is 26.8 Å². The molecule has 8 heteroatoms. The first-order valence-electron chi connectivity index (χ1n) is 10.8. The van der Waals surface area contributed by atoms with Crippen LogP contribution in [0.1, 0.15) is 36.6 Å². The number of nitriles is 1. The fourth-order valence-electron chi connectivity index (χ4n) is 3.84. The van der Waals surface area contributed by atoms with Crippen molar-refractivity contribution in [1.82, 2.24) is 4.57 Å². The second kappa shape index (κ2) is 9.89. The minimum absolute atomic E-state index is 0.0956. The van der Waals surface area contributed by atoms with Gasteiger partial charge in [0, 0.05) is 5.56 Å². The van der Waals surface area contributed by atoms with Crippen LogP contribution >= 0.6 is 11.3 Å². The van der Waals surface area contributed by atoms with E-state index in [1.165, 1.54) is 11.3 Å². The number of aromatic nitrogens is 1. The molecule has 0 bridgehead atoms. The molecule has 4 rings (SSSR count). The smallest absolute Gasteiger partial charge is 0.338 e. The highest BCUT2D eigenvalue weighted by atomic mass is 32.1. The number of para-hydroxylation sites is 1. The molecule has 0 saturated heterocycles. The number of hydrogen-bond acceptors (Lipinski definition) is 7. The van der Waals surface area contributed by atoms with E-state index in [0.29, 0.717) is 31.9 Å². The van der Waals surface area contributed by atoms with Crippen molar-refractivity contribution in [1.29, 1.82) is 5.26 Å². The maximum absolute atomic E-state index is 13.6. The molecular weight excluding hydrogens is 450 g/mol. The summed E-state index contributed by atoms with van der Waals surface area (Å²) in [7, 11) is 0. The lowest BCUT2D eigenvalue weighted by molar-refractivity contribution is -0.139. The van der Waals surface area contributed by atoms with Crippen molar-refractivity contribution in [3.8, 4) is 11.8 Å². The number of ether oxygens (including phenoxy) is 2. The van der Waals surface area contributed by atoms with Gasteiger partial charge in [0.1, 0.15) is 11.8 Å². The third-order valence-electron chi connectivity index (χ3n) is 5.41. The minimum Gasteiger partial charge on any atom is -0.478 e. The number of benzene rings is 2. The summed E-state index contributed by atoms with van der Waals surface area (Å²) in [5.74, 6) is 0.0206. The van der Waals surface area contributed by atoms with Crippen molar-refractivity contribution in [2.75, 3.05) is 13.2 Å². The Morgan fingerprint density at radius 3 is 2.65 bits per heavy atom. The molecule has 1 aromatic heterocycles. The number of nitrogens with zero attached hydrogens (tertiary/aromatic N) is 3. The number of thiazole rings is 1. The Morgan fingerprint density at radius 2 is 1.94 bits per heavy atom. The third kappa shape index (κ3) is 4.43. The molecule has 0 N–H and O–H groups in total. The number of carbonyl (C=O) groups excluding carboxylic acids is 1. The van der Waals surface area contributed by atoms with Crippen LogP contribution < -0.4 is 19.6 Å². The summed E-state index contributed by atoms with van der Waals surface area (Å²) in [5, 5.41) is 8.86. The SMILES string of the molecule is CCOC(=O)C1=C(C)N=c2sc(=Cc3ccccc3OCC#N)c(=O)n2[C@H]1c1ccc(C)cc1. The summed E-state index contributed by atoms with van der Waals surface area (Å²) in [4.78, 5) is 31.6. The van der Waals surface area contributed by atoms with Gasteiger partial charge < -0.3 is 9.47 Å². The van der Waals surface area contributed by atoms with Gasteiger partial charge in [-0.2, -0.15) is 5.26 Å². The Hall–Kier alpha value is -3.96. The number of esters is 1. The number of aryl methyl sites for hydroxylation is 1. The molecule has 1 aliphatic heterocycles. The van der Waals surface area contributed by atoms with E-state index < -0.39 is 12.0 Å². The molecular formula is C26H23N3O4S. The number of carbonyl (C=O) groups is 1. The summed E-state index contributed by atoms with van der Waals surface area (Å²) < 4.78 is 12.8. The summed E-state index contributed by atoms with van der Waals surface area (Å²) in [6, 6.07) is 16.2. The first kappa shape index (κ1) is 23.2. The van der Waals surface area contributed by atoms with E-state index >= 15 is 0 Å². The summed E-state index contributed by atoms with van der Waals surface area (Å²) in [6.45, 7) is 5.61. The van der Waals surface area contributed by atoms with Gasteiger partial charge in [-0.05, 0) is 38.5 Å². The highest BCUT2D eigenvalue weighted by molar-refractivity contribution is 7.07. The fourth-order valence-corrected chi connectivity index (χ4v) is 4.88. The normalized spacial score (nSPS) is 15.4. The molecule has 0 amide bonds. The van der Waals surface area contributed by atoms with E-state index in [4.69, 9.17) is 14.7 Å². The van der Waals surface area contributed by atoms with Crippen LogP contribution in [0, 0.1) is 18.3 Å². The van der Waals surface area contributed by atoms with E-state index in [0.717, 1.165) is 11.1 Å². The second-order valence-corrected chi connectivity index (χ2v) is 8.71. The van der Waals surface area contributed by atoms with Gasteiger partial charge in [0.2, 0.25) is 0 Å². The van der Waals surface area contributed by atoms with Crippen LogP contribution in [0.4, 0.5) is 0 Å². The Balaban J connectivity index is 1.93. The molecule has 1 aliphatic rings. The molecule has 34 heavy (non-hydrogen) atoms. The van der Waals surface area contributed by atoms with Crippen molar-refractivity contribution in [2.24, 2.45) is 4.99 Å². The van der Waals surface area contributed by atoms with Crippen molar-refractivity contribution >= 4 is 23.4 Å². The average Bonchev–Trinajstić information content (AvgIpc) is 3.12. The number of allylic oxidation sites excluding steroid dienone is 1. The van der Waals surface area contributed by atoms with E-state index in [1.54, 1.807) is 36.6 Å². The minimum atomic E-state index is -0.650. The highest BCUT2D eigenvalue weighted by Crippen LogP contribution is 2.30. The highest BCUT2D eigenvalue weighted by Gasteiger charge is 2.33. The Kier molecular flexibility index (Phi) is 6.75. The van der Waals surface area contributed by atoms with Gasteiger partial charge in [-0.3, -0.25) is 9.36 Å². The monoisotopic (exact) mass is 473 g/mol. The summed E-state index contributed by atoms with van der Waals surface area (Å²) >= 11 is 1.24. The zero-order valence-electron chi connectivity index (χ0n) is 19.1. The summed E-state index contributed by atoms with van der Waals surface area (Å²) in [5.41, 5.74) is 3.16. The molecule has 0 radical (unpaired) electrons. The molecule has 0 spiro atoms. The zero-order chi connectivity index (χ0) is 24.2. The Morgan fingerprint density at radius 1 is 1.21 bits per heavy atom. The van der Waals surface area contributed by atoms with Crippen LogP contribution in [0.25, 0.3) is 6.08 Å². The summed E-state index contributed by atoms with van der Waals surface area (Å²) in [6.07, 6.45) is 1.73. The van der Waals surface area contributed by atoms with E-state index in [-0.39, 0.29) is 18.8 Å². The van der Waals surface area contributed by atoms with Gasteiger partial charge >= 0.3 is 5.97 Å². The predicted octanol–water partition coefficient (Wildman–Crippen LogP) is 3.01. The van der Waals surface area contributed by atoms with Crippen molar-refractivity contribution < 1.29 is 14.3 Å². The lowest BCUT2D eigenvalue weighted by Gasteiger charge is -2.24. The van der Waals surface area contributed by atoms with Gasteiger partial charge in [0.05, 0.1) is 28.5 Å². The van der Waals surface area contributed by atoms with E-state index in [2.05, 4.69) is 4.99 Å². The number of rotatable bonds is 6. The van der Waals surface area contributed by atoms with Gasteiger partial charge in [0.15, 0.2) is 11.4 Å². The number of fused-ring (bicyclic) bond motifs is 1. The molecule has 3 aromatic rings. The lowest BCUT2D eigenvalue weighted by Crippen LogP contribution is -2.39. The molecule has 0 aliphatic carbocycles. The molecule has 0 saturated carbocycles. The van der Waals surface area contributed by atoms with Gasteiger partial charge in [0.25, 0.3) is 5.56 Å². The first-order chi connectivity index (χ1) is 16.4.